The third kappa shape index (κ3) is 3.61. The zero-order chi connectivity index (χ0) is 13.2. The maximum Gasteiger partial charge on any atom is 0.405 e. The molecule has 1 atom stereocenters. The minimum absolute atomic E-state index is 0.448. The monoisotopic (exact) mass is 253 g/mol. The molecule has 4 amide bonds. The summed E-state index contributed by atoms with van der Waals surface area (Å²) < 4.78 is 35.6. The first-order valence-corrected chi connectivity index (χ1v) is 4.65. The van der Waals surface area contributed by atoms with Gasteiger partial charge in [0.15, 0.2) is 0 Å². The van der Waals surface area contributed by atoms with Gasteiger partial charge in [0.05, 0.1) is 0 Å². The van der Waals surface area contributed by atoms with Gasteiger partial charge in [-0.25, -0.2) is 4.79 Å². The van der Waals surface area contributed by atoms with E-state index in [-0.39, 0.29) is 0 Å². The van der Waals surface area contributed by atoms with E-state index in [2.05, 4.69) is 0 Å². The van der Waals surface area contributed by atoms with Gasteiger partial charge in [-0.3, -0.25) is 14.9 Å². The van der Waals surface area contributed by atoms with E-state index in [0.717, 1.165) is 4.90 Å². The smallest absolute Gasteiger partial charge is 0.329 e. The summed E-state index contributed by atoms with van der Waals surface area (Å²) in [5.41, 5.74) is 0. The highest BCUT2D eigenvalue weighted by molar-refractivity contribution is 6.03. The number of piperazine rings is 1. The first kappa shape index (κ1) is 13.3. The molecule has 1 rings (SSSR count). The predicted molar refractivity (Wildman–Crippen MR) is 48.8 cm³/mol. The second-order valence-corrected chi connectivity index (χ2v) is 3.49. The van der Waals surface area contributed by atoms with E-state index in [4.69, 9.17) is 0 Å². The van der Waals surface area contributed by atoms with Crippen LogP contribution < -0.4 is 10.6 Å². The molecule has 1 heterocycles. The normalized spacial score (nSPS) is 21.2. The number of rotatable bonds is 1. The van der Waals surface area contributed by atoms with Crippen LogP contribution in [0.25, 0.3) is 0 Å². The molecule has 1 fully saturated rings. The zero-order valence-electron chi connectivity index (χ0n) is 8.80. The van der Waals surface area contributed by atoms with Crippen molar-refractivity contribution in [3.63, 3.8) is 0 Å². The van der Waals surface area contributed by atoms with Crippen molar-refractivity contribution in [1.29, 1.82) is 0 Å². The number of alkyl halides is 3. The van der Waals surface area contributed by atoms with Crippen LogP contribution in [0.1, 0.15) is 6.92 Å². The Bertz CT molecular complexity index is 356. The van der Waals surface area contributed by atoms with Crippen molar-refractivity contribution in [2.24, 2.45) is 0 Å². The molecule has 0 aromatic rings. The fourth-order valence-corrected chi connectivity index (χ4v) is 1.24. The first-order chi connectivity index (χ1) is 7.70. The summed E-state index contributed by atoms with van der Waals surface area (Å²) in [5.74, 6) is -1.45. The van der Waals surface area contributed by atoms with E-state index in [0.29, 0.717) is 0 Å². The molecule has 1 aliphatic heterocycles. The van der Waals surface area contributed by atoms with E-state index in [1.54, 1.807) is 5.32 Å². The van der Waals surface area contributed by atoms with E-state index < -0.39 is 43.2 Å². The summed E-state index contributed by atoms with van der Waals surface area (Å²) in [5, 5.41) is 3.56. The summed E-state index contributed by atoms with van der Waals surface area (Å²) in [6.45, 7) is -0.642. The van der Waals surface area contributed by atoms with Crippen LogP contribution in [0, 0.1) is 0 Å². The lowest BCUT2D eigenvalue weighted by molar-refractivity contribution is -0.138. The number of halogens is 3. The maximum absolute atomic E-state index is 11.9. The number of hydrogen-bond donors (Lipinski definition) is 2. The van der Waals surface area contributed by atoms with E-state index >= 15 is 0 Å². The SMILES string of the molecule is CC1C(=O)NC(=O)CN1C(=O)NCC(F)(F)F. The van der Waals surface area contributed by atoms with Crippen molar-refractivity contribution < 1.29 is 27.6 Å². The van der Waals surface area contributed by atoms with Crippen LogP contribution in [0.4, 0.5) is 18.0 Å². The van der Waals surface area contributed by atoms with Crippen molar-refractivity contribution in [2.75, 3.05) is 13.1 Å². The standard InChI is InChI=1S/C8H10F3N3O3/c1-4-6(16)13-5(15)2-14(4)7(17)12-3-8(9,10)11/h4H,2-3H2,1H3,(H,12,17)(H,13,15,16). The van der Waals surface area contributed by atoms with Gasteiger partial charge in [0, 0.05) is 0 Å². The molecule has 2 N–H and O–H groups in total. The minimum atomic E-state index is -4.54. The fraction of sp³-hybridized carbons (Fsp3) is 0.625. The van der Waals surface area contributed by atoms with E-state index in [9.17, 15) is 27.6 Å². The molecular formula is C8H10F3N3O3. The number of imide groups is 1. The Labute approximate surface area is 94.1 Å². The molecule has 1 unspecified atom stereocenters. The Kier molecular flexibility index (Phi) is 3.59. The van der Waals surface area contributed by atoms with Crippen molar-refractivity contribution in [2.45, 2.75) is 19.1 Å². The lowest BCUT2D eigenvalue weighted by Crippen LogP contribution is -2.61. The molecule has 1 aliphatic rings. The molecule has 0 bridgehead atoms. The van der Waals surface area contributed by atoms with Crippen molar-refractivity contribution in [3.8, 4) is 0 Å². The van der Waals surface area contributed by atoms with E-state index in [1.807, 2.05) is 5.32 Å². The van der Waals surface area contributed by atoms with Gasteiger partial charge in [-0.1, -0.05) is 0 Å². The fourth-order valence-electron chi connectivity index (χ4n) is 1.24. The Hall–Kier alpha value is -1.80. The number of carbonyl (C=O) groups excluding carboxylic acids is 3. The summed E-state index contributed by atoms with van der Waals surface area (Å²) in [4.78, 5) is 34.2. The van der Waals surface area contributed by atoms with Gasteiger partial charge in [-0.15, -0.1) is 0 Å². The predicted octanol–water partition coefficient (Wildman–Crippen LogP) is -0.395. The highest BCUT2D eigenvalue weighted by Crippen LogP contribution is 2.13. The van der Waals surface area contributed by atoms with Crippen molar-refractivity contribution >= 4 is 17.8 Å². The Morgan fingerprint density at radius 1 is 1.53 bits per heavy atom. The summed E-state index contributed by atoms with van der Waals surface area (Å²) >= 11 is 0. The average molecular weight is 253 g/mol. The number of nitrogens with zero attached hydrogens (tertiary/aromatic N) is 1. The Morgan fingerprint density at radius 3 is 2.65 bits per heavy atom. The molecule has 0 aromatic carbocycles. The molecule has 96 valence electrons. The van der Waals surface area contributed by atoms with Crippen LogP contribution in [-0.2, 0) is 9.59 Å². The van der Waals surface area contributed by atoms with Crippen LogP contribution in [0.5, 0.6) is 0 Å². The molecule has 0 aliphatic carbocycles. The summed E-state index contributed by atoms with van der Waals surface area (Å²) in [6.07, 6.45) is -4.54. The second kappa shape index (κ2) is 4.60. The van der Waals surface area contributed by atoms with Crippen LogP contribution in [0.2, 0.25) is 0 Å². The van der Waals surface area contributed by atoms with Crippen molar-refractivity contribution in [1.82, 2.24) is 15.5 Å². The largest absolute Gasteiger partial charge is 0.405 e. The topological polar surface area (TPSA) is 78.5 Å². The molecular weight excluding hydrogens is 243 g/mol. The summed E-state index contributed by atoms with van der Waals surface area (Å²) in [7, 11) is 0. The molecule has 0 radical (unpaired) electrons. The Balaban J connectivity index is 2.61. The number of nitrogens with one attached hydrogen (secondary N) is 2. The van der Waals surface area contributed by atoms with Gasteiger partial charge in [0.25, 0.3) is 0 Å². The van der Waals surface area contributed by atoms with Crippen LogP contribution in [-0.4, -0.2) is 48.1 Å². The van der Waals surface area contributed by atoms with Crippen LogP contribution >= 0.6 is 0 Å². The van der Waals surface area contributed by atoms with Gasteiger partial charge in [0.1, 0.15) is 19.1 Å². The Morgan fingerprint density at radius 2 is 2.12 bits per heavy atom. The molecule has 0 aromatic heterocycles. The third-order valence-electron chi connectivity index (χ3n) is 2.12. The maximum atomic E-state index is 11.9. The van der Waals surface area contributed by atoms with Gasteiger partial charge < -0.3 is 10.2 Å². The molecule has 9 heteroatoms. The highest BCUT2D eigenvalue weighted by Gasteiger charge is 2.35. The molecule has 6 nitrogen and oxygen atoms in total. The minimum Gasteiger partial charge on any atom is -0.329 e. The second-order valence-electron chi connectivity index (χ2n) is 3.49. The van der Waals surface area contributed by atoms with Gasteiger partial charge >= 0.3 is 12.2 Å². The van der Waals surface area contributed by atoms with Gasteiger partial charge in [-0.05, 0) is 6.92 Å². The zero-order valence-corrected chi connectivity index (χ0v) is 8.80. The number of hydrogen-bond acceptors (Lipinski definition) is 3. The van der Waals surface area contributed by atoms with Crippen LogP contribution in [0.15, 0.2) is 0 Å². The molecule has 0 saturated carbocycles. The van der Waals surface area contributed by atoms with Crippen LogP contribution in [0.3, 0.4) is 0 Å². The van der Waals surface area contributed by atoms with Crippen molar-refractivity contribution in [3.05, 3.63) is 0 Å². The first-order valence-electron chi connectivity index (χ1n) is 4.65. The molecule has 17 heavy (non-hydrogen) atoms. The lowest BCUT2D eigenvalue weighted by Gasteiger charge is -2.31. The summed E-state index contributed by atoms with van der Waals surface area (Å²) in [6, 6.07) is -2.08. The van der Waals surface area contributed by atoms with E-state index in [1.165, 1.54) is 6.92 Å². The van der Waals surface area contributed by atoms with Gasteiger partial charge in [-0.2, -0.15) is 13.2 Å². The third-order valence-corrected chi connectivity index (χ3v) is 2.12. The quantitative estimate of drug-likeness (QED) is 0.624. The number of carbonyl (C=O) groups is 3. The molecule has 0 spiro atoms. The highest BCUT2D eigenvalue weighted by atomic mass is 19.4. The van der Waals surface area contributed by atoms with Gasteiger partial charge in [0.2, 0.25) is 11.8 Å². The average Bonchev–Trinajstić information content (AvgIpc) is 2.19. The lowest BCUT2D eigenvalue weighted by atomic mass is 10.2. The molecule has 1 saturated heterocycles. The number of urea groups is 1. The number of amides is 4.